The van der Waals surface area contributed by atoms with Crippen LogP contribution >= 0.6 is 15.9 Å². The zero-order valence-corrected chi connectivity index (χ0v) is 10.8. The first-order valence-corrected chi connectivity index (χ1v) is 6.64. The van der Waals surface area contributed by atoms with Gasteiger partial charge in [0.2, 0.25) is 0 Å². The molecule has 1 fully saturated rings. The highest BCUT2D eigenvalue weighted by atomic mass is 79.9. The third-order valence-electron chi connectivity index (χ3n) is 3.35. The molecule has 1 nitrogen and oxygen atoms in total. The maximum Gasteiger partial charge on any atom is 0.126 e. The molecular weight excluding hydrogens is 269 g/mol. The Balaban J connectivity index is 1.93. The minimum Gasteiger partial charge on any atom is -0.327 e. The van der Waals surface area contributed by atoms with Crippen molar-refractivity contribution < 1.29 is 4.39 Å². The molecule has 2 N–H and O–H groups in total. The van der Waals surface area contributed by atoms with Crippen LogP contribution in [0.4, 0.5) is 4.39 Å². The highest BCUT2D eigenvalue weighted by Crippen LogP contribution is 2.30. The van der Waals surface area contributed by atoms with Crippen LogP contribution < -0.4 is 5.73 Å². The molecule has 1 saturated carbocycles. The average Bonchev–Trinajstić information content (AvgIpc) is 2.18. The summed E-state index contributed by atoms with van der Waals surface area (Å²) >= 11 is 3.35. The van der Waals surface area contributed by atoms with E-state index >= 15 is 0 Å². The summed E-state index contributed by atoms with van der Waals surface area (Å²) < 4.78 is 14.4. The first-order chi connectivity index (χ1) is 7.65. The van der Waals surface area contributed by atoms with Crippen molar-refractivity contribution >= 4 is 15.9 Å². The highest BCUT2D eigenvalue weighted by Gasteiger charge is 2.20. The molecule has 2 rings (SSSR count). The predicted molar refractivity (Wildman–Crippen MR) is 67.7 cm³/mol. The number of hydrogen-bond acceptors (Lipinski definition) is 1. The molecule has 0 spiro atoms. The molecule has 0 bridgehead atoms. The van der Waals surface area contributed by atoms with Crippen LogP contribution in [0.5, 0.6) is 0 Å². The average molecular weight is 286 g/mol. The maximum atomic E-state index is 13.5. The lowest BCUT2D eigenvalue weighted by Gasteiger charge is -2.28. The lowest BCUT2D eigenvalue weighted by atomic mass is 9.80. The largest absolute Gasteiger partial charge is 0.327 e. The van der Waals surface area contributed by atoms with Gasteiger partial charge in [-0.1, -0.05) is 35.2 Å². The minimum absolute atomic E-state index is 0.0918. The van der Waals surface area contributed by atoms with E-state index in [0.717, 1.165) is 22.4 Å². The van der Waals surface area contributed by atoms with Crippen LogP contribution in [-0.2, 0) is 6.42 Å². The van der Waals surface area contributed by atoms with Gasteiger partial charge in [-0.05, 0) is 42.5 Å². The summed E-state index contributed by atoms with van der Waals surface area (Å²) in [7, 11) is 0. The quantitative estimate of drug-likeness (QED) is 0.898. The molecule has 0 heterocycles. The molecule has 0 aromatic heterocycles. The Hall–Kier alpha value is -0.410. The summed E-state index contributed by atoms with van der Waals surface area (Å²) in [6, 6.07) is 5.14. The summed E-state index contributed by atoms with van der Waals surface area (Å²) in [5, 5.41) is 0. The van der Waals surface area contributed by atoms with Crippen LogP contribution in [0.25, 0.3) is 0 Å². The van der Waals surface area contributed by atoms with Crippen LogP contribution in [-0.4, -0.2) is 6.04 Å². The summed E-state index contributed by atoms with van der Waals surface area (Å²) in [4.78, 5) is 0. The van der Waals surface area contributed by atoms with E-state index in [-0.39, 0.29) is 11.9 Å². The van der Waals surface area contributed by atoms with E-state index in [1.165, 1.54) is 25.3 Å². The molecule has 1 unspecified atom stereocenters. The maximum absolute atomic E-state index is 13.5. The van der Waals surface area contributed by atoms with Gasteiger partial charge in [-0.25, -0.2) is 4.39 Å². The molecule has 0 amide bonds. The first-order valence-electron chi connectivity index (χ1n) is 5.84. The molecule has 0 aliphatic heterocycles. The van der Waals surface area contributed by atoms with E-state index in [1.54, 1.807) is 6.07 Å². The third-order valence-corrected chi connectivity index (χ3v) is 3.84. The lowest BCUT2D eigenvalue weighted by molar-refractivity contribution is 0.275. The van der Waals surface area contributed by atoms with E-state index in [2.05, 4.69) is 15.9 Å². The van der Waals surface area contributed by atoms with Gasteiger partial charge in [-0.15, -0.1) is 0 Å². The van der Waals surface area contributed by atoms with Gasteiger partial charge in [-0.2, -0.15) is 0 Å². The van der Waals surface area contributed by atoms with Crippen LogP contribution in [0, 0.1) is 11.7 Å². The Morgan fingerprint density at radius 3 is 2.81 bits per heavy atom. The van der Waals surface area contributed by atoms with E-state index in [0.29, 0.717) is 6.42 Å². The van der Waals surface area contributed by atoms with Crippen LogP contribution in [0.1, 0.15) is 31.2 Å². The van der Waals surface area contributed by atoms with Crippen LogP contribution in [0.15, 0.2) is 22.7 Å². The van der Waals surface area contributed by atoms with Gasteiger partial charge in [0.25, 0.3) is 0 Å². The van der Waals surface area contributed by atoms with Gasteiger partial charge in [-0.3, -0.25) is 0 Å². The van der Waals surface area contributed by atoms with Gasteiger partial charge < -0.3 is 5.73 Å². The highest BCUT2D eigenvalue weighted by molar-refractivity contribution is 9.10. The second kappa shape index (κ2) is 5.28. The number of halogens is 2. The van der Waals surface area contributed by atoms with E-state index in [1.807, 2.05) is 6.07 Å². The summed E-state index contributed by atoms with van der Waals surface area (Å²) in [6.07, 6.45) is 5.61. The van der Waals surface area contributed by atoms with Crippen molar-refractivity contribution in [3.05, 3.63) is 34.1 Å². The molecule has 88 valence electrons. The summed E-state index contributed by atoms with van der Waals surface area (Å²) in [5.74, 6) is 0.637. The summed E-state index contributed by atoms with van der Waals surface area (Å²) in [6.45, 7) is 0. The zero-order chi connectivity index (χ0) is 11.5. The second-order valence-corrected chi connectivity index (χ2v) is 5.65. The molecule has 1 atom stereocenters. The normalized spacial score (nSPS) is 18.2. The van der Waals surface area contributed by atoms with E-state index in [4.69, 9.17) is 5.73 Å². The van der Waals surface area contributed by atoms with Crippen LogP contribution in [0.2, 0.25) is 0 Å². The van der Waals surface area contributed by atoms with Crippen molar-refractivity contribution in [3.63, 3.8) is 0 Å². The van der Waals surface area contributed by atoms with Crippen molar-refractivity contribution in [2.75, 3.05) is 0 Å². The fourth-order valence-electron chi connectivity index (χ4n) is 2.22. The molecule has 0 saturated heterocycles. The number of hydrogen-bond donors (Lipinski definition) is 1. The lowest BCUT2D eigenvalue weighted by Crippen LogP contribution is -2.28. The molecule has 1 aromatic carbocycles. The number of benzene rings is 1. The van der Waals surface area contributed by atoms with Crippen molar-refractivity contribution in [1.29, 1.82) is 0 Å². The van der Waals surface area contributed by atoms with Crippen LogP contribution in [0.3, 0.4) is 0 Å². The first kappa shape index (κ1) is 12.1. The standard InChI is InChI=1S/C13H17BrFN/c14-11-4-5-13(15)10(7-11)8-12(16)6-9-2-1-3-9/h4-5,7,9,12H,1-3,6,8,16H2. The smallest absolute Gasteiger partial charge is 0.126 e. The Labute approximate surface area is 104 Å². The summed E-state index contributed by atoms with van der Waals surface area (Å²) in [5.41, 5.74) is 6.78. The Morgan fingerprint density at radius 2 is 2.19 bits per heavy atom. The molecule has 0 radical (unpaired) electrons. The van der Waals surface area contributed by atoms with Crippen molar-refractivity contribution in [3.8, 4) is 0 Å². The number of nitrogens with two attached hydrogens (primary N) is 1. The fraction of sp³-hybridized carbons (Fsp3) is 0.538. The molecule has 16 heavy (non-hydrogen) atoms. The van der Waals surface area contributed by atoms with Gasteiger partial charge in [0.15, 0.2) is 0 Å². The molecule has 1 aliphatic carbocycles. The molecular formula is C13H17BrFN. The topological polar surface area (TPSA) is 26.0 Å². The Morgan fingerprint density at radius 1 is 1.44 bits per heavy atom. The monoisotopic (exact) mass is 285 g/mol. The predicted octanol–water partition coefficient (Wildman–Crippen LogP) is 3.65. The fourth-order valence-corrected chi connectivity index (χ4v) is 2.63. The Kier molecular flexibility index (Phi) is 3.98. The van der Waals surface area contributed by atoms with Crippen molar-refractivity contribution in [2.45, 2.75) is 38.1 Å². The van der Waals surface area contributed by atoms with Crippen molar-refractivity contribution in [1.82, 2.24) is 0 Å². The third kappa shape index (κ3) is 3.05. The van der Waals surface area contributed by atoms with Gasteiger partial charge in [0.1, 0.15) is 5.82 Å². The Bertz CT molecular complexity index is 363. The second-order valence-electron chi connectivity index (χ2n) is 4.73. The van der Waals surface area contributed by atoms with Gasteiger partial charge >= 0.3 is 0 Å². The zero-order valence-electron chi connectivity index (χ0n) is 9.26. The minimum atomic E-state index is -0.146. The van der Waals surface area contributed by atoms with Gasteiger partial charge in [0.05, 0.1) is 0 Å². The molecule has 1 aromatic rings. The van der Waals surface area contributed by atoms with E-state index < -0.39 is 0 Å². The molecule has 3 heteroatoms. The van der Waals surface area contributed by atoms with Crippen molar-refractivity contribution in [2.24, 2.45) is 11.7 Å². The molecule has 1 aliphatic rings. The SMILES string of the molecule is NC(Cc1cc(Br)ccc1F)CC1CCC1. The van der Waals surface area contributed by atoms with Gasteiger partial charge in [0, 0.05) is 10.5 Å². The number of rotatable bonds is 4. The van der Waals surface area contributed by atoms with E-state index in [9.17, 15) is 4.39 Å².